The third-order valence-corrected chi connectivity index (χ3v) is 5.64. The molecule has 4 rings (SSSR count). The molecular weight excluding hydrogens is 418 g/mol. The Bertz CT molecular complexity index is 1210. The van der Waals surface area contributed by atoms with Gasteiger partial charge in [-0.2, -0.15) is 5.26 Å². The van der Waals surface area contributed by atoms with E-state index < -0.39 is 0 Å². The van der Waals surface area contributed by atoms with Gasteiger partial charge in [0.2, 0.25) is 0 Å². The largest absolute Gasteiger partial charge is 0.382 e. The van der Waals surface area contributed by atoms with Crippen LogP contribution in [0.2, 0.25) is 5.02 Å². The fourth-order valence-corrected chi connectivity index (χ4v) is 3.95. The van der Waals surface area contributed by atoms with E-state index in [0.29, 0.717) is 53.6 Å². The highest BCUT2D eigenvalue weighted by atomic mass is 35.5. The monoisotopic (exact) mass is 439 g/mol. The Kier molecular flexibility index (Phi) is 5.88. The van der Waals surface area contributed by atoms with Gasteiger partial charge in [-0.15, -0.1) is 0 Å². The Morgan fingerprint density at radius 1 is 1.29 bits per heavy atom. The van der Waals surface area contributed by atoms with E-state index in [-0.39, 0.29) is 23.0 Å². The van der Waals surface area contributed by atoms with Gasteiger partial charge in [0.05, 0.1) is 15.9 Å². The molecule has 1 fully saturated rings. The van der Waals surface area contributed by atoms with Crippen LogP contribution in [0.25, 0.3) is 10.9 Å². The van der Waals surface area contributed by atoms with Crippen molar-refractivity contribution in [2.75, 3.05) is 35.7 Å². The van der Waals surface area contributed by atoms with Crippen molar-refractivity contribution in [2.24, 2.45) is 5.73 Å². The first-order valence-electron chi connectivity index (χ1n) is 9.95. The predicted molar refractivity (Wildman–Crippen MR) is 120 cm³/mol. The molecule has 2 aromatic heterocycles. The zero-order chi connectivity index (χ0) is 22.0. The molecule has 1 aliphatic rings. The van der Waals surface area contributed by atoms with E-state index in [9.17, 15) is 10.1 Å². The maximum atomic E-state index is 13.4. The molecule has 3 aromatic rings. The normalized spacial score (nSPS) is 14.5. The number of fused-ring (bicyclic) bond motifs is 1. The van der Waals surface area contributed by atoms with Gasteiger partial charge >= 0.3 is 0 Å². The van der Waals surface area contributed by atoms with Crippen molar-refractivity contribution >= 4 is 34.1 Å². The summed E-state index contributed by atoms with van der Waals surface area (Å²) in [5, 5.41) is 15.1. The van der Waals surface area contributed by atoms with Gasteiger partial charge in [0, 0.05) is 32.1 Å². The summed E-state index contributed by atoms with van der Waals surface area (Å²) in [7, 11) is 0. The van der Waals surface area contributed by atoms with Crippen LogP contribution in [0, 0.1) is 11.3 Å². The van der Waals surface area contributed by atoms with Gasteiger partial charge in [0.25, 0.3) is 5.56 Å². The first kappa shape index (κ1) is 20.8. The number of nitrogens with two attached hydrogens (primary N) is 2. The number of aromatic nitrogens is 4. The number of nitrogens with one attached hydrogen (secondary N) is 1. The number of nitrogens with zero attached hydrogens (tertiary/aromatic N) is 6. The Balaban J connectivity index is 1.68. The number of hydrogen-bond acceptors (Lipinski definition) is 9. The van der Waals surface area contributed by atoms with Crippen molar-refractivity contribution in [3.8, 4) is 6.07 Å². The molecular formula is C20H22ClN9O. The molecule has 1 aromatic carbocycles. The molecule has 0 bridgehead atoms. The van der Waals surface area contributed by atoms with Gasteiger partial charge in [-0.3, -0.25) is 4.79 Å². The lowest BCUT2D eigenvalue weighted by Gasteiger charge is -2.34. The van der Waals surface area contributed by atoms with E-state index >= 15 is 0 Å². The molecule has 0 aliphatic carbocycles. The molecule has 1 saturated heterocycles. The zero-order valence-electron chi connectivity index (χ0n) is 16.8. The highest BCUT2D eigenvalue weighted by Crippen LogP contribution is 2.20. The first-order valence-corrected chi connectivity index (χ1v) is 10.3. The summed E-state index contributed by atoms with van der Waals surface area (Å²) in [6.45, 7) is 1.69. The third-order valence-electron chi connectivity index (χ3n) is 5.32. The Morgan fingerprint density at radius 3 is 2.81 bits per heavy atom. The molecule has 0 spiro atoms. The van der Waals surface area contributed by atoms with Gasteiger partial charge < -0.3 is 21.8 Å². The maximum absolute atomic E-state index is 13.4. The van der Waals surface area contributed by atoms with Crippen molar-refractivity contribution in [2.45, 2.75) is 25.3 Å². The first-order chi connectivity index (χ1) is 15.0. The highest BCUT2D eigenvalue weighted by Gasteiger charge is 2.22. The fourth-order valence-electron chi connectivity index (χ4n) is 3.70. The quantitative estimate of drug-likeness (QED) is 0.528. The highest BCUT2D eigenvalue weighted by molar-refractivity contribution is 6.35. The van der Waals surface area contributed by atoms with E-state index in [2.05, 4.69) is 15.3 Å². The summed E-state index contributed by atoms with van der Waals surface area (Å²) < 4.78 is 1.61. The van der Waals surface area contributed by atoms with Crippen LogP contribution in [-0.2, 0) is 6.42 Å². The lowest BCUT2D eigenvalue weighted by Crippen LogP contribution is -2.51. The van der Waals surface area contributed by atoms with Crippen LogP contribution in [0.3, 0.4) is 0 Å². The summed E-state index contributed by atoms with van der Waals surface area (Å²) in [5.74, 6) is 1.04. The molecule has 0 saturated carbocycles. The molecule has 3 heterocycles. The van der Waals surface area contributed by atoms with Crippen molar-refractivity contribution in [3.63, 3.8) is 0 Å². The lowest BCUT2D eigenvalue weighted by atomic mass is 10.1. The van der Waals surface area contributed by atoms with E-state index in [0.717, 1.165) is 12.8 Å². The second-order valence-electron chi connectivity index (χ2n) is 7.34. The number of nitrogen functional groups attached to an aromatic ring is 1. The van der Waals surface area contributed by atoms with Crippen LogP contribution in [0.5, 0.6) is 0 Å². The van der Waals surface area contributed by atoms with Crippen molar-refractivity contribution in [1.82, 2.24) is 19.6 Å². The van der Waals surface area contributed by atoms with Gasteiger partial charge in [-0.05, 0) is 25.0 Å². The Hall–Kier alpha value is -3.42. The summed E-state index contributed by atoms with van der Waals surface area (Å²) in [4.78, 5) is 26.0. The second kappa shape index (κ2) is 8.75. The molecule has 31 heavy (non-hydrogen) atoms. The van der Waals surface area contributed by atoms with Crippen LogP contribution in [0.15, 0.2) is 29.3 Å². The topological polar surface area (TPSA) is 152 Å². The number of rotatable bonds is 5. The van der Waals surface area contributed by atoms with Gasteiger partial charge in [-0.1, -0.05) is 17.7 Å². The summed E-state index contributed by atoms with van der Waals surface area (Å²) in [6, 6.07) is 7.36. The van der Waals surface area contributed by atoms with Crippen LogP contribution < -0.4 is 27.4 Å². The minimum Gasteiger partial charge on any atom is -0.382 e. The molecule has 10 nitrogen and oxygen atoms in total. The SMILES string of the molecule is N#Cc1c(N)ncnc1NCCc1nc2cccc(Cl)c2c(=O)n1N1CCC(N)CC1. The third kappa shape index (κ3) is 4.10. The summed E-state index contributed by atoms with van der Waals surface area (Å²) >= 11 is 6.32. The zero-order valence-corrected chi connectivity index (χ0v) is 17.5. The minimum absolute atomic E-state index is 0.111. The van der Waals surface area contributed by atoms with Crippen molar-refractivity contribution in [3.05, 3.63) is 51.3 Å². The van der Waals surface area contributed by atoms with Gasteiger partial charge in [0.1, 0.15) is 35.4 Å². The molecule has 0 amide bonds. The molecule has 11 heteroatoms. The van der Waals surface area contributed by atoms with E-state index in [1.54, 1.807) is 22.9 Å². The maximum Gasteiger partial charge on any atom is 0.281 e. The molecule has 0 atom stereocenters. The number of nitriles is 1. The van der Waals surface area contributed by atoms with Crippen LogP contribution in [0.4, 0.5) is 11.6 Å². The molecule has 0 radical (unpaired) electrons. The second-order valence-corrected chi connectivity index (χ2v) is 7.75. The number of hydrogen-bond donors (Lipinski definition) is 3. The molecule has 160 valence electrons. The number of anilines is 2. The van der Waals surface area contributed by atoms with Crippen LogP contribution >= 0.6 is 11.6 Å². The molecule has 1 aliphatic heterocycles. The molecule has 0 unspecified atom stereocenters. The number of halogens is 1. The van der Waals surface area contributed by atoms with E-state index in [4.69, 9.17) is 28.1 Å². The summed E-state index contributed by atoms with van der Waals surface area (Å²) in [5.41, 5.74) is 12.3. The predicted octanol–water partition coefficient (Wildman–Crippen LogP) is 1.01. The van der Waals surface area contributed by atoms with Crippen LogP contribution in [-0.4, -0.2) is 45.3 Å². The molecule has 5 N–H and O–H groups in total. The lowest BCUT2D eigenvalue weighted by molar-refractivity contribution is 0.417. The Morgan fingerprint density at radius 2 is 2.06 bits per heavy atom. The van der Waals surface area contributed by atoms with Gasteiger partial charge in [0.15, 0.2) is 0 Å². The van der Waals surface area contributed by atoms with E-state index in [1.165, 1.54) is 6.33 Å². The number of benzene rings is 1. The average molecular weight is 440 g/mol. The van der Waals surface area contributed by atoms with Crippen LogP contribution in [0.1, 0.15) is 24.2 Å². The number of piperidine rings is 1. The Labute approximate surface area is 183 Å². The smallest absolute Gasteiger partial charge is 0.281 e. The van der Waals surface area contributed by atoms with Crippen molar-refractivity contribution < 1.29 is 0 Å². The fraction of sp³-hybridized carbons (Fsp3) is 0.350. The van der Waals surface area contributed by atoms with Crippen molar-refractivity contribution in [1.29, 1.82) is 5.26 Å². The van der Waals surface area contributed by atoms with Gasteiger partial charge in [-0.25, -0.2) is 19.6 Å². The standard InChI is InChI=1S/C20H22ClN9O/c21-14-2-1-3-15-17(14)20(31)30(29-8-5-12(23)6-9-29)16(28-15)4-7-25-19-13(10-22)18(24)26-11-27-19/h1-3,11-12H,4-9,23H2,(H3,24,25,26,27). The minimum atomic E-state index is -0.204. The van der Waals surface area contributed by atoms with E-state index in [1.807, 2.05) is 11.1 Å². The average Bonchev–Trinajstić information content (AvgIpc) is 2.75. The summed E-state index contributed by atoms with van der Waals surface area (Å²) in [6.07, 6.45) is 3.28.